The minimum Gasteiger partial charge on any atom is -0.506 e. The maximum Gasteiger partial charge on any atom is 0.144 e. The van der Waals surface area contributed by atoms with Crippen LogP contribution < -0.4 is 0 Å². The number of aromatic hydroxyl groups is 1. The van der Waals surface area contributed by atoms with Crippen molar-refractivity contribution in [1.82, 2.24) is 0 Å². The summed E-state index contributed by atoms with van der Waals surface area (Å²) in [6.45, 7) is 3.71. The summed E-state index contributed by atoms with van der Waals surface area (Å²) in [4.78, 5) is 0. The van der Waals surface area contributed by atoms with E-state index in [9.17, 15) is 5.11 Å². The topological polar surface area (TPSA) is 20.2 Å². The molecule has 0 heterocycles. The van der Waals surface area contributed by atoms with E-state index in [2.05, 4.69) is 31.9 Å². The molecule has 4 heteroatoms. The van der Waals surface area contributed by atoms with E-state index in [4.69, 9.17) is 11.6 Å². The van der Waals surface area contributed by atoms with Gasteiger partial charge in [-0.25, -0.2) is 0 Å². The largest absolute Gasteiger partial charge is 0.506 e. The Morgan fingerprint density at radius 2 is 1.42 bits per heavy atom. The third-order valence-corrected chi connectivity index (χ3v) is 4.24. The van der Waals surface area contributed by atoms with Crippen molar-refractivity contribution < 1.29 is 5.11 Å². The predicted octanol–water partition coefficient (Wildman–Crippen LogP) is 4.19. The van der Waals surface area contributed by atoms with Crippen molar-refractivity contribution in [3.63, 3.8) is 0 Å². The van der Waals surface area contributed by atoms with Gasteiger partial charge in [0.25, 0.3) is 0 Å². The molecule has 12 heavy (non-hydrogen) atoms. The highest BCUT2D eigenvalue weighted by molar-refractivity contribution is 9.11. The fourth-order valence-electron chi connectivity index (χ4n) is 0.926. The van der Waals surface area contributed by atoms with Crippen LogP contribution in [0.25, 0.3) is 0 Å². The molecule has 66 valence electrons. The molecule has 0 aliphatic heterocycles. The molecule has 1 aromatic carbocycles. The molecular formula is C8H7Br2ClO. The number of halogens is 3. The van der Waals surface area contributed by atoms with Crippen molar-refractivity contribution in [2.45, 2.75) is 13.8 Å². The molecule has 1 aromatic rings. The van der Waals surface area contributed by atoms with Crippen molar-refractivity contribution in [3.05, 3.63) is 25.1 Å². The molecule has 0 unspecified atom stereocenters. The van der Waals surface area contributed by atoms with Crippen molar-refractivity contribution in [2.75, 3.05) is 0 Å². The number of phenolic OH excluding ortho intramolecular Hbond substituents is 1. The summed E-state index contributed by atoms with van der Waals surface area (Å²) in [6, 6.07) is 0. The van der Waals surface area contributed by atoms with Gasteiger partial charge in [-0.2, -0.15) is 0 Å². The molecule has 1 nitrogen and oxygen atoms in total. The van der Waals surface area contributed by atoms with Gasteiger partial charge in [-0.05, 0) is 56.8 Å². The summed E-state index contributed by atoms with van der Waals surface area (Å²) >= 11 is 12.5. The van der Waals surface area contributed by atoms with Crippen LogP contribution in [-0.4, -0.2) is 5.11 Å². The van der Waals surface area contributed by atoms with Crippen LogP contribution in [-0.2, 0) is 0 Å². The van der Waals surface area contributed by atoms with Crippen LogP contribution >= 0.6 is 43.5 Å². The Balaban J connectivity index is 3.60. The Labute approximate surface area is 93.0 Å². The van der Waals surface area contributed by atoms with Crippen LogP contribution in [0.5, 0.6) is 5.75 Å². The Morgan fingerprint density at radius 3 is 1.75 bits per heavy atom. The quantitative estimate of drug-likeness (QED) is 0.761. The summed E-state index contributed by atoms with van der Waals surface area (Å²) in [5.74, 6) is 0.203. The zero-order valence-electron chi connectivity index (χ0n) is 6.58. The standard InChI is InChI=1S/C8H7Br2ClO/c1-3-5(9)8(12)6(10)4(2)7(3)11/h12H,1-2H3. The van der Waals surface area contributed by atoms with Gasteiger partial charge in [0.15, 0.2) is 0 Å². The molecule has 0 saturated carbocycles. The van der Waals surface area contributed by atoms with E-state index in [0.717, 1.165) is 11.1 Å². The maximum atomic E-state index is 9.54. The van der Waals surface area contributed by atoms with Gasteiger partial charge < -0.3 is 5.11 Å². The zero-order chi connectivity index (χ0) is 9.46. The fraction of sp³-hybridized carbons (Fsp3) is 0.250. The van der Waals surface area contributed by atoms with Crippen LogP contribution in [0.2, 0.25) is 5.02 Å². The van der Waals surface area contributed by atoms with Crippen molar-refractivity contribution in [1.29, 1.82) is 0 Å². The summed E-state index contributed by atoms with van der Waals surface area (Å²) in [5, 5.41) is 10.2. The van der Waals surface area contributed by atoms with E-state index in [-0.39, 0.29) is 5.75 Å². The molecule has 0 spiro atoms. The first kappa shape index (κ1) is 10.4. The van der Waals surface area contributed by atoms with Crippen LogP contribution in [0.3, 0.4) is 0 Å². The molecule has 0 saturated heterocycles. The SMILES string of the molecule is Cc1c(Cl)c(C)c(Br)c(O)c1Br. The molecule has 1 rings (SSSR count). The second-order valence-corrected chi connectivity index (χ2v) is 4.50. The van der Waals surface area contributed by atoms with Crippen LogP contribution in [0.1, 0.15) is 11.1 Å². The molecule has 0 aliphatic carbocycles. The van der Waals surface area contributed by atoms with Crippen molar-refractivity contribution in [2.24, 2.45) is 0 Å². The number of rotatable bonds is 0. The first-order valence-electron chi connectivity index (χ1n) is 3.29. The highest BCUT2D eigenvalue weighted by Gasteiger charge is 2.14. The molecular weight excluding hydrogens is 307 g/mol. The lowest BCUT2D eigenvalue weighted by Crippen LogP contribution is -1.86. The molecule has 0 atom stereocenters. The first-order chi connectivity index (χ1) is 5.46. The van der Waals surface area contributed by atoms with Gasteiger partial charge in [0.1, 0.15) is 5.75 Å². The van der Waals surface area contributed by atoms with E-state index in [1.54, 1.807) is 0 Å². The van der Waals surface area contributed by atoms with E-state index in [1.165, 1.54) is 0 Å². The number of hydrogen-bond donors (Lipinski definition) is 1. The lowest BCUT2D eigenvalue weighted by molar-refractivity contribution is 0.467. The van der Waals surface area contributed by atoms with E-state index in [0.29, 0.717) is 14.0 Å². The Bertz CT molecular complexity index is 231. The first-order valence-corrected chi connectivity index (χ1v) is 5.25. The van der Waals surface area contributed by atoms with E-state index < -0.39 is 0 Å². The monoisotopic (exact) mass is 312 g/mol. The molecule has 0 bridgehead atoms. The molecule has 0 fully saturated rings. The zero-order valence-corrected chi connectivity index (χ0v) is 10.5. The summed E-state index contributed by atoms with van der Waals surface area (Å²) in [5.41, 5.74) is 1.71. The molecule has 0 amide bonds. The van der Waals surface area contributed by atoms with Crippen LogP contribution in [0, 0.1) is 13.8 Å². The smallest absolute Gasteiger partial charge is 0.144 e. The van der Waals surface area contributed by atoms with Gasteiger partial charge in [-0.3, -0.25) is 0 Å². The van der Waals surface area contributed by atoms with Crippen LogP contribution in [0.4, 0.5) is 0 Å². The Kier molecular flexibility index (Phi) is 3.07. The van der Waals surface area contributed by atoms with Gasteiger partial charge in [-0.15, -0.1) is 0 Å². The average molecular weight is 314 g/mol. The Hall–Kier alpha value is 0.270. The Morgan fingerprint density at radius 1 is 1.08 bits per heavy atom. The summed E-state index contributed by atoms with van der Waals surface area (Å²) in [7, 11) is 0. The van der Waals surface area contributed by atoms with Gasteiger partial charge in [-0.1, -0.05) is 11.6 Å². The van der Waals surface area contributed by atoms with E-state index >= 15 is 0 Å². The number of benzene rings is 1. The third-order valence-electron chi connectivity index (χ3n) is 1.73. The van der Waals surface area contributed by atoms with Gasteiger partial charge in [0, 0.05) is 5.02 Å². The van der Waals surface area contributed by atoms with Crippen LogP contribution in [0.15, 0.2) is 8.95 Å². The summed E-state index contributed by atoms with van der Waals surface area (Å²) < 4.78 is 1.29. The highest BCUT2D eigenvalue weighted by atomic mass is 79.9. The average Bonchev–Trinajstić information content (AvgIpc) is 2.08. The predicted molar refractivity (Wildman–Crippen MR) is 58.0 cm³/mol. The molecule has 1 N–H and O–H groups in total. The molecule has 0 aromatic heterocycles. The summed E-state index contributed by atoms with van der Waals surface area (Å²) in [6.07, 6.45) is 0. The van der Waals surface area contributed by atoms with Crippen molar-refractivity contribution >= 4 is 43.5 Å². The number of hydrogen-bond acceptors (Lipinski definition) is 1. The minimum absolute atomic E-state index is 0.203. The molecule has 0 aliphatic rings. The van der Waals surface area contributed by atoms with Gasteiger partial charge >= 0.3 is 0 Å². The second-order valence-electron chi connectivity index (χ2n) is 2.54. The third kappa shape index (κ3) is 1.50. The lowest BCUT2D eigenvalue weighted by Gasteiger charge is -2.09. The molecule has 0 radical (unpaired) electrons. The van der Waals surface area contributed by atoms with Crippen molar-refractivity contribution in [3.8, 4) is 5.75 Å². The normalized spacial score (nSPS) is 10.4. The lowest BCUT2D eigenvalue weighted by atomic mass is 10.1. The van der Waals surface area contributed by atoms with Gasteiger partial charge in [0.2, 0.25) is 0 Å². The van der Waals surface area contributed by atoms with E-state index in [1.807, 2.05) is 13.8 Å². The maximum absolute atomic E-state index is 9.54. The minimum atomic E-state index is 0.203. The van der Waals surface area contributed by atoms with Gasteiger partial charge in [0.05, 0.1) is 8.95 Å². The number of phenols is 1. The fourth-order valence-corrected chi connectivity index (χ4v) is 2.40. The highest BCUT2D eigenvalue weighted by Crippen LogP contribution is 2.41. The second kappa shape index (κ2) is 3.56.